The van der Waals surface area contributed by atoms with Crippen molar-refractivity contribution in [2.75, 3.05) is 0 Å². The molecule has 17 aromatic rings. The van der Waals surface area contributed by atoms with E-state index in [2.05, 4.69) is 267 Å². The molecule has 0 bridgehead atoms. The lowest BCUT2D eigenvalue weighted by molar-refractivity contribution is 0.671. The first-order valence-electron chi connectivity index (χ1n) is 27.2. The summed E-state index contributed by atoms with van der Waals surface area (Å²) in [6.45, 7) is 0. The predicted molar refractivity (Wildman–Crippen MR) is 331 cm³/mol. The molecule has 0 unspecified atom stereocenters. The lowest BCUT2D eigenvalue weighted by atomic mass is 9.96. The van der Waals surface area contributed by atoms with Crippen LogP contribution in [-0.4, -0.2) is 18.3 Å². The van der Waals surface area contributed by atoms with Crippen molar-refractivity contribution in [3.8, 4) is 57.1 Å². The molecular weight excluding hydrogens is 989 g/mol. The molecule has 81 heavy (non-hydrogen) atoms. The zero-order chi connectivity index (χ0) is 53.4. The zero-order valence-corrected chi connectivity index (χ0v) is 43.3. The standard InChI is InChI=1S/C74H42N6O/c75-43-58-69(77-60-32-14-7-25-48(60)49-26-8-15-33-61(49)77)70(78-62-34-16-9-27-50(62)51-28-10-17-35-63(51)78)59(44-76)72(71(58)79-64-36-18-11-29-52(64)53-30-12-19-37-65(53)79)80-66-40-39-47(45-21-3-1-4-22-45)41-56(66)57-42-55(46-23-5-2-6-24-46)68-54-31-13-20-38-67(54)81-74(68)73(57)80/h1-42H. The number of rotatable bonds is 6. The van der Waals surface area contributed by atoms with Gasteiger partial charge in [0.2, 0.25) is 0 Å². The van der Waals surface area contributed by atoms with Crippen molar-refractivity contribution in [1.29, 1.82) is 10.5 Å². The van der Waals surface area contributed by atoms with E-state index in [9.17, 15) is 10.5 Å². The van der Waals surface area contributed by atoms with Crippen LogP contribution in [0.5, 0.6) is 0 Å². The van der Waals surface area contributed by atoms with E-state index in [1.165, 1.54) is 0 Å². The van der Waals surface area contributed by atoms with Gasteiger partial charge in [-0.05, 0) is 82.9 Å². The highest BCUT2D eigenvalue weighted by Crippen LogP contribution is 2.51. The molecule has 0 radical (unpaired) electrons. The number of para-hydroxylation sites is 7. The molecule has 0 spiro atoms. The van der Waals surface area contributed by atoms with Gasteiger partial charge in [-0.2, -0.15) is 10.5 Å². The Morgan fingerprint density at radius 2 is 0.642 bits per heavy atom. The van der Waals surface area contributed by atoms with Crippen LogP contribution in [0.15, 0.2) is 259 Å². The van der Waals surface area contributed by atoms with Crippen LogP contribution in [0.25, 0.3) is 154 Å². The van der Waals surface area contributed by atoms with Gasteiger partial charge in [-0.3, -0.25) is 0 Å². The molecule has 0 aliphatic carbocycles. The lowest BCUT2D eigenvalue weighted by Crippen LogP contribution is -2.16. The van der Waals surface area contributed by atoms with E-state index in [4.69, 9.17) is 4.42 Å². The SMILES string of the molecule is N#Cc1c(-n2c3ccccc3c3ccccc32)c(-n2c3ccccc3c3ccccc32)c(C#N)c(-n2c3ccc(-c4ccccc4)cc3c3cc(-c4ccccc4)c4c5ccccc5oc4c32)c1-n1c2ccccc2c2ccccc21. The number of hydrogen-bond donors (Lipinski definition) is 0. The van der Waals surface area contributed by atoms with Gasteiger partial charge in [0, 0.05) is 53.9 Å². The summed E-state index contributed by atoms with van der Waals surface area (Å²) in [6.07, 6.45) is 0. The molecule has 0 fully saturated rings. The van der Waals surface area contributed by atoms with E-state index < -0.39 is 0 Å². The van der Waals surface area contributed by atoms with Gasteiger partial charge >= 0.3 is 0 Å². The molecule has 374 valence electrons. The molecule has 0 atom stereocenters. The van der Waals surface area contributed by atoms with Gasteiger partial charge in [0.15, 0.2) is 5.58 Å². The molecular formula is C74H42N6O. The third kappa shape index (κ3) is 6.15. The van der Waals surface area contributed by atoms with E-state index in [0.29, 0.717) is 39.5 Å². The minimum Gasteiger partial charge on any atom is -0.454 e. The molecule has 0 aliphatic rings. The van der Waals surface area contributed by atoms with Gasteiger partial charge in [-0.25, -0.2) is 0 Å². The van der Waals surface area contributed by atoms with Crippen molar-refractivity contribution in [3.63, 3.8) is 0 Å². The second-order valence-corrected chi connectivity index (χ2v) is 20.9. The highest BCUT2D eigenvalue weighted by molar-refractivity contribution is 6.27. The number of hydrogen-bond acceptors (Lipinski definition) is 3. The number of benzene rings is 12. The Hall–Kier alpha value is -11.4. The fraction of sp³-hybridized carbons (Fsp3) is 0. The number of nitriles is 2. The summed E-state index contributed by atoms with van der Waals surface area (Å²) in [5.41, 5.74) is 15.7. The first kappa shape index (κ1) is 44.7. The minimum absolute atomic E-state index is 0.372. The summed E-state index contributed by atoms with van der Waals surface area (Å²) in [5, 5.41) is 35.8. The van der Waals surface area contributed by atoms with E-state index in [1.54, 1.807) is 0 Å². The molecule has 0 saturated heterocycles. The van der Waals surface area contributed by atoms with E-state index in [1.807, 2.05) is 18.2 Å². The van der Waals surface area contributed by atoms with E-state index >= 15 is 0 Å². The molecule has 0 N–H and O–H groups in total. The molecule has 5 heterocycles. The molecule has 17 rings (SSSR count). The third-order valence-electron chi connectivity index (χ3n) is 16.8. The van der Waals surface area contributed by atoms with Gasteiger partial charge < -0.3 is 22.7 Å². The average molecular weight is 1030 g/mol. The Morgan fingerprint density at radius 1 is 0.284 bits per heavy atom. The summed E-state index contributed by atoms with van der Waals surface area (Å²) in [4.78, 5) is 0. The summed E-state index contributed by atoms with van der Waals surface area (Å²) in [5.74, 6) is 0. The molecule has 5 aromatic heterocycles. The largest absolute Gasteiger partial charge is 0.454 e. The maximum Gasteiger partial charge on any atom is 0.160 e. The van der Waals surface area contributed by atoms with Crippen LogP contribution in [0.3, 0.4) is 0 Å². The summed E-state index contributed by atoms with van der Waals surface area (Å²) in [6, 6.07) is 94.7. The Balaban J connectivity index is 1.19. The zero-order valence-electron chi connectivity index (χ0n) is 43.3. The Kier molecular flexibility index (Phi) is 9.42. The topological polar surface area (TPSA) is 80.4 Å². The van der Waals surface area contributed by atoms with Gasteiger partial charge in [-0.1, -0.05) is 194 Å². The summed E-state index contributed by atoms with van der Waals surface area (Å²) < 4.78 is 16.3. The molecule has 0 amide bonds. The Labute approximate surface area is 463 Å². The van der Waals surface area contributed by atoms with Crippen molar-refractivity contribution in [2.45, 2.75) is 0 Å². The van der Waals surface area contributed by atoms with Crippen LogP contribution in [0.1, 0.15) is 11.1 Å². The van der Waals surface area contributed by atoms with E-state index in [-0.39, 0.29) is 0 Å². The van der Waals surface area contributed by atoms with Crippen molar-refractivity contribution in [3.05, 3.63) is 266 Å². The fourth-order valence-electron chi connectivity index (χ4n) is 13.5. The molecule has 0 aliphatic heterocycles. The van der Waals surface area contributed by atoms with Gasteiger partial charge in [0.25, 0.3) is 0 Å². The van der Waals surface area contributed by atoms with Crippen LogP contribution in [0, 0.1) is 22.7 Å². The number of furan rings is 1. The highest BCUT2D eigenvalue weighted by Gasteiger charge is 2.35. The lowest BCUT2D eigenvalue weighted by Gasteiger charge is -2.27. The van der Waals surface area contributed by atoms with Crippen molar-refractivity contribution >= 4 is 109 Å². The second-order valence-electron chi connectivity index (χ2n) is 20.9. The van der Waals surface area contributed by atoms with Crippen LogP contribution >= 0.6 is 0 Å². The minimum atomic E-state index is 0.372. The number of aromatic nitrogens is 4. The van der Waals surface area contributed by atoms with Crippen molar-refractivity contribution in [1.82, 2.24) is 18.3 Å². The monoisotopic (exact) mass is 1030 g/mol. The van der Waals surface area contributed by atoms with Crippen LogP contribution in [-0.2, 0) is 0 Å². The average Bonchev–Trinajstić information content (AvgIpc) is 4.52. The molecule has 12 aromatic carbocycles. The van der Waals surface area contributed by atoms with Gasteiger partial charge in [0.1, 0.15) is 28.8 Å². The molecule has 7 heteroatoms. The third-order valence-corrected chi connectivity index (χ3v) is 16.8. The van der Waals surface area contributed by atoms with Crippen LogP contribution in [0.2, 0.25) is 0 Å². The Bertz CT molecular complexity index is 5460. The molecule has 0 saturated carbocycles. The first-order valence-corrected chi connectivity index (χ1v) is 27.2. The first-order chi connectivity index (χ1) is 40.2. The van der Waals surface area contributed by atoms with E-state index in [0.717, 1.165) is 126 Å². The quantitative estimate of drug-likeness (QED) is 0.166. The normalized spacial score (nSPS) is 11.9. The smallest absolute Gasteiger partial charge is 0.160 e. The highest BCUT2D eigenvalue weighted by atomic mass is 16.3. The van der Waals surface area contributed by atoms with Crippen molar-refractivity contribution < 1.29 is 4.42 Å². The van der Waals surface area contributed by atoms with Crippen molar-refractivity contribution in [2.24, 2.45) is 0 Å². The maximum atomic E-state index is 13.0. The summed E-state index contributed by atoms with van der Waals surface area (Å²) in [7, 11) is 0. The number of fused-ring (bicyclic) bond motifs is 16. The maximum absolute atomic E-state index is 13.0. The Morgan fingerprint density at radius 3 is 1.07 bits per heavy atom. The van der Waals surface area contributed by atoms with Crippen LogP contribution < -0.4 is 0 Å². The predicted octanol–water partition coefficient (Wildman–Crippen LogP) is 19.1. The molecule has 7 nitrogen and oxygen atoms in total. The fourth-order valence-corrected chi connectivity index (χ4v) is 13.5. The van der Waals surface area contributed by atoms with Crippen LogP contribution in [0.4, 0.5) is 0 Å². The number of nitrogens with zero attached hydrogens (tertiary/aromatic N) is 6. The van der Waals surface area contributed by atoms with Gasteiger partial charge in [-0.15, -0.1) is 0 Å². The van der Waals surface area contributed by atoms with Gasteiger partial charge in [0.05, 0.1) is 66.9 Å². The summed E-state index contributed by atoms with van der Waals surface area (Å²) >= 11 is 0. The second kappa shape index (κ2) is 17.1.